The molecule has 3 aromatic rings. The number of hydrogen-bond donors (Lipinski definition) is 0. The van der Waals surface area contributed by atoms with Crippen LogP contribution in [0.2, 0.25) is 0 Å². The lowest BCUT2D eigenvalue weighted by atomic mass is 10.0. The Bertz CT molecular complexity index is 1060. The van der Waals surface area contributed by atoms with Gasteiger partial charge in [0.05, 0.1) is 24.1 Å². The van der Waals surface area contributed by atoms with E-state index in [2.05, 4.69) is 42.1 Å². The van der Waals surface area contributed by atoms with E-state index >= 15 is 0 Å². The van der Waals surface area contributed by atoms with Gasteiger partial charge in [-0.25, -0.2) is 9.97 Å². The van der Waals surface area contributed by atoms with Gasteiger partial charge in [-0.05, 0) is 31.5 Å². The van der Waals surface area contributed by atoms with Crippen LogP contribution in [0.15, 0.2) is 41.1 Å². The van der Waals surface area contributed by atoms with E-state index in [0.717, 1.165) is 59.8 Å². The van der Waals surface area contributed by atoms with E-state index in [-0.39, 0.29) is 6.10 Å². The fourth-order valence-corrected chi connectivity index (χ4v) is 4.42. The fourth-order valence-electron chi connectivity index (χ4n) is 3.81. The van der Waals surface area contributed by atoms with Gasteiger partial charge in [0.1, 0.15) is 23.4 Å². The Hall–Kier alpha value is -3.07. The van der Waals surface area contributed by atoms with E-state index < -0.39 is 0 Å². The lowest BCUT2D eigenvalue weighted by molar-refractivity contribution is 0.242. The molecule has 0 spiro atoms. The maximum absolute atomic E-state index is 5.87. The van der Waals surface area contributed by atoms with Gasteiger partial charge in [0.15, 0.2) is 0 Å². The SMILES string of the molecule is CC(C)Oc1ccc2c(c1)C(c1cc(N3CCN(c4nncs4)CC3)ncn1)=NC2. The van der Waals surface area contributed by atoms with Gasteiger partial charge in [-0.2, -0.15) is 0 Å². The number of benzene rings is 1. The summed E-state index contributed by atoms with van der Waals surface area (Å²) in [6.07, 6.45) is 1.77. The highest BCUT2D eigenvalue weighted by atomic mass is 32.1. The van der Waals surface area contributed by atoms with Crippen LogP contribution in [0.25, 0.3) is 0 Å². The molecule has 0 amide bonds. The normalized spacial score (nSPS) is 16.0. The summed E-state index contributed by atoms with van der Waals surface area (Å²) in [7, 11) is 0. The first-order valence-electron chi connectivity index (χ1n) is 10.1. The van der Waals surface area contributed by atoms with Crippen LogP contribution in [0, 0.1) is 0 Å². The standard InChI is InChI=1S/C21H23N7OS/c1-14(2)29-16-4-3-15-11-22-20(17(15)9-16)18-10-19(24-12-23-18)27-5-7-28(8-6-27)21-26-25-13-30-21/h3-4,9-10,12-14H,5-8,11H2,1-2H3. The molecule has 0 N–H and O–H groups in total. The summed E-state index contributed by atoms with van der Waals surface area (Å²) in [6.45, 7) is 8.29. The van der Waals surface area contributed by atoms with Gasteiger partial charge in [-0.1, -0.05) is 17.4 Å². The summed E-state index contributed by atoms with van der Waals surface area (Å²) in [6, 6.07) is 8.23. The largest absolute Gasteiger partial charge is 0.491 e. The topological polar surface area (TPSA) is 79.6 Å². The maximum atomic E-state index is 5.87. The third kappa shape index (κ3) is 3.72. The molecule has 1 saturated heterocycles. The molecule has 0 radical (unpaired) electrons. The number of aromatic nitrogens is 4. The van der Waals surface area contributed by atoms with Crippen molar-refractivity contribution in [2.75, 3.05) is 36.0 Å². The molecule has 0 unspecified atom stereocenters. The monoisotopic (exact) mass is 421 g/mol. The average Bonchev–Trinajstić information content (AvgIpc) is 3.44. The van der Waals surface area contributed by atoms with E-state index in [0.29, 0.717) is 6.54 Å². The molecule has 2 aromatic heterocycles. The number of aliphatic imine (C=N–C) groups is 1. The highest BCUT2D eigenvalue weighted by molar-refractivity contribution is 7.13. The zero-order valence-electron chi connectivity index (χ0n) is 17.0. The molecule has 0 aliphatic carbocycles. The molecule has 154 valence electrons. The van der Waals surface area contributed by atoms with Crippen molar-refractivity contribution >= 4 is 28.0 Å². The molecule has 4 heterocycles. The number of piperazine rings is 1. The molecule has 2 aliphatic rings. The van der Waals surface area contributed by atoms with Crippen LogP contribution >= 0.6 is 11.3 Å². The van der Waals surface area contributed by atoms with Crippen LogP contribution in [0.4, 0.5) is 10.9 Å². The smallest absolute Gasteiger partial charge is 0.208 e. The number of hydrogen-bond acceptors (Lipinski definition) is 9. The molecule has 30 heavy (non-hydrogen) atoms. The summed E-state index contributed by atoms with van der Waals surface area (Å²) < 4.78 is 5.87. The van der Waals surface area contributed by atoms with Crippen molar-refractivity contribution in [3.63, 3.8) is 0 Å². The second-order valence-electron chi connectivity index (χ2n) is 7.61. The molecule has 0 atom stereocenters. The van der Waals surface area contributed by atoms with Crippen molar-refractivity contribution in [1.82, 2.24) is 20.2 Å². The molecule has 5 rings (SSSR count). The number of nitrogens with zero attached hydrogens (tertiary/aromatic N) is 7. The molecule has 8 nitrogen and oxygen atoms in total. The zero-order chi connectivity index (χ0) is 20.5. The van der Waals surface area contributed by atoms with Gasteiger partial charge in [0, 0.05) is 37.8 Å². The molecular weight excluding hydrogens is 398 g/mol. The third-order valence-electron chi connectivity index (χ3n) is 5.23. The Morgan fingerprint density at radius 3 is 2.63 bits per heavy atom. The highest BCUT2D eigenvalue weighted by Crippen LogP contribution is 2.28. The predicted molar refractivity (Wildman–Crippen MR) is 118 cm³/mol. The van der Waals surface area contributed by atoms with Gasteiger partial charge in [-0.3, -0.25) is 4.99 Å². The Morgan fingerprint density at radius 2 is 1.87 bits per heavy atom. The quantitative estimate of drug-likeness (QED) is 0.627. The van der Waals surface area contributed by atoms with Gasteiger partial charge in [-0.15, -0.1) is 10.2 Å². The summed E-state index contributed by atoms with van der Waals surface area (Å²) >= 11 is 1.58. The first-order valence-corrected chi connectivity index (χ1v) is 11.0. The minimum atomic E-state index is 0.134. The number of ether oxygens (including phenoxy) is 1. The molecule has 1 fully saturated rings. The molecule has 0 saturated carbocycles. The predicted octanol–water partition coefficient (Wildman–Crippen LogP) is 2.79. The number of fused-ring (bicyclic) bond motifs is 1. The second-order valence-corrected chi connectivity index (χ2v) is 8.42. The molecular formula is C21H23N7OS. The number of rotatable bonds is 5. The maximum Gasteiger partial charge on any atom is 0.208 e. The minimum absolute atomic E-state index is 0.134. The van der Waals surface area contributed by atoms with Crippen LogP contribution in [0.5, 0.6) is 5.75 Å². The van der Waals surface area contributed by atoms with Crippen molar-refractivity contribution in [1.29, 1.82) is 0 Å². The van der Waals surface area contributed by atoms with Crippen molar-refractivity contribution in [3.05, 3.63) is 52.9 Å². The Balaban J connectivity index is 1.34. The summed E-state index contributed by atoms with van der Waals surface area (Å²) in [5.41, 5.74) is 5.84. The minimum Gasteiger partial charge on any atom is -0.491 e. The Labute approximate surface area is 179 Å². The van der Waals surface area contributed by atoms with E-state index in [1.54, 1.807) is 23.2 Å². The van der Waals surface area contributed by atoms with Crippen molar-refractivity contribution in [2.24, 2.45) is 4.99 Å². The van der Waals surface area contributed by atoms with Crippen molar-refractivity contribution < 1.29 is 4.74 Å². The van der Waals surface area contributed by atoms with Crippen LogP contribution in [-0.4, -0.2) is 58.2 Å². The van der Waals surface area contributed by atoms with Crippen LogP contribution < -0.4 is 14.5 Å². The lowest BCUT2D eigenvalue weighted by Crippen LogP contribution is -2.46. The van der Waals surface area contributed by atoms with Gasteiger partial charge < -0.3 is 14.5 Å². The summed E-state index contributed by atoms with van der Waals surface area (Å²) in [5.74, 6) is 1.79. The Morgan fingerprint density at radius 1 is 1.03 bits per heavy atom. The molecule has 9 heteroatoms. The first kappa shape index (κ1) is 18.9. The Kier molecular flexibility index (Phi) is 5.04. The molecule has 0 bridgehead atoms. The highest BCUT2D eigenvalue weighted by Gasteiger charge is 2.23. The molecule has 1 aromatic carbocycles. The fraction of sp³-hybridized carbons (Fsp3) is 0.381. The van der Waals surface area contributed by atoms with Crippen molar-refractivity contribution in [3.8, 4) is 5.75 Å². The van der Waals surface area contributed by atoms with E-state index in [1.165, 1.54) is 5.56 Å². The van der Waals surface area contributed by atoms with E-state index in [1.807, 2.05) is 26.0 Å². The lowest BCUT2D eigenvalue weighted by Gasteiger charge is -2.35. The van der Waals surface area contributed by atoms with Gasteiger partial charge in [0.25, 0.3) is 0 Å². The average molecular weight is 422 g/mol. The molecule has 2 aliphatic heterocycles. The zero-order valence-corrected chi connectivity index (χ0v) is 17.8. The summed E-state index contributed by atoms with van der Waals surface area (Å²) in [5, 5.41) is 9.10. The van der Waals surface area contributed by atoms with E-state index in [9.17, 15) is 0 Å². The van der Waals surface area contributed by atoms with Crippen molar-refractivity contribution in [2.45, 2.75) is 26.5 Å². The van der Waals surface area contributed by atoms with Crippen LogP contribution in [0.1, 0.15) is 30.7 Å². The third-order valence-corrected chi connectivity index (χ3v) is 5.98. The van der Waals surface area contributed by atoms with Gasteiger partial charge in [0.2, 0.25) is 5.13 Å². The van der Waals surface area contributed by atoms with Gasteiger partial charge >= 0.3 is 0 Å². The second kappa shape index (κ2) is 7.98. The van der Waals surface area contributed by atoms with E-state index in [4.69, 9.17) is 9.73 Å². The van der Waals surface area contributed by atoms with Crippen LogP contribution in [-0.2, 0) is 6.54 Å². The van der Waals surface area contributed by atoms with Crippen LogP contribution in [0.3, 0.4) is 0 Å². The summed E-state index contributed by atoms with van der Waals surface area (Å²) in [4.78, 5) is 18.4. The first-order chi connectivity index (χ1) is 14.7. The number of anilines is 2.